The minimum atomic E-state index is -0.500. The van der Waals surface area contributed by atoms with E-state index in [0.717, 1.165) is 11.1 Å². The number of hydrogen-bond donors (Lipinski definition) is 3. The topological polar surface area (TPSA) is 130 Å². The number of anilines is 1. The quantitative estimate of drug-likeness (QED) is 0.459. The molecule has 0 aliphatic heterocycles. The van der Waals surface area contributed by atoms with Crippen molar-refractivity contribution >= 4 is 29.2 Å². The number of rotatable bonds is 3. The Morgan fingerprint density at radius 1 is 1.17 bits per heavy atom. The molecule has 0 saturated heterocycles. The molecular weight excluding hydrogens is 374 g/mol. The van der Waals surface area contributed by atoms with Crippen LogP contribution in [0.4, 0.5) is 5.82 Å². The lowest BCUT2D eigenvalue weighted by molar-refractivity contribution is -0.122. The van der Waals surface area contributed by atoms with E-state index in [2.05, 4.69) is 20.5 Å². The second-order valence-corrected chi connectivity index (χ2v) is 5.92. The van der Waals surface area contributed by atoms with Crippen LogP contribution in [0.3, 0.4) is 0 Å². The molecule has 4 aromatic rings. The van der Waals surface area contributed by atoms with Gasteiger partial charge in [-0.2, -0.15) is 5.10 Å². The van der Waals surface area contributed by atoms with Crippen molar-refractivity contribution in [3.05, 3.63) is 76.8 Å². The van der Waals surface area contributed by atoms with E-state index in [4.69, 9.17) is 9.90 Å². The average Bonchev–Trinajstić information content (AvgIpc) is 3.14. The monoisotopic (exact) mass is 391 g/mol. The second kappa shape index (κ2) is 8.61. The molecule has 0 saturated carbocycles. The summed E-state index contributed by atoms with van der Waals surface area (Å²) in [6.07, 6.45) is 3.27. The Hall–Kier alpha value is -4.27. The van der Waals surface area contributed by atoms with E-state index in [9.17, 15) is 9.59 Å². The first-order valence-corrected chi connectivity index (χ1v) is 8.50. The molecule has 4 rings (SSSR count). The van der Waals surface area contributed by atoms with E-state index < -0.39 is 5.91 Å². The number of aromatic nitrogens is 4. The predicted octanol–water partition coefficient (Wildman–Crippen LogP) is 2.28. The van der Waals surface area contributed by atoms with Crippen molar-refractivity contribution in [1.29, 1.82) is 0 Å². The third-order valence-electron chi connectivity index (χ3n) is 4.15. The van der Waals surface area contributed by atoms with Gasteiger partial charge in [0.25, 0.3) is 17.9 Å². The van der Waals surface area contributed by atoms with E-state index in [1.807, 2.05) is 36.4 Å². The molecule has 0 atom stereocenters. The number of nitrogens with one attached hydrogen (secondary N) is 2. The Kier molecular flexibility index (Phi) is 5.79. The van der Waals surface area contributed by atoms with Crippen molar-refractivity contribution < 1.29 is 14.7 Å². The first kappa shape index (κ1) is 19.5. The number of benzene rings is 1. The molecule has 146 valence electrons. The summed E-state index contributed by atoms with van der Waals surface area (Å²) in [5.74, 6) is -0.0949. The van der Waals surface area contributed by atoms with Crippen LogP contribution in [-0.2, 0) is 11.8 Å². The SMILES string of the molecule is Cn1cccc(C(=O)Nc2[nH]nc3nccc(-c4ccccc4)c23)c1=O.O=CO. The van der Waals surface area contributed by atoms with Crippen molar-refractivity contribution in [2.45, 2.75) is 0 Å². The standard InChI is InChI=1S/C19H15N5O2.CH2O2/c1-24-11-5-8-14(19(24)26)18(25)21-17-15-13(12-6-3-2-4-7-12)9-10-20-16(15)22-23-17;2-1-3/h2-11H,1H3,(H2,20,21,22,23,25);1H,(H,2,3). The maximum absolute atomic E-state index is 12.6. The van der Waals surface area contributed by atoms with Crippen LogP contribution in [0.5, 0.6) is 0 Å². The summed E-state index contributed by atoms with van der Waals surface area (Å²) in [7, 11) is 1.60. The number of hydrogen-bond acceptors (Lipinski definition) is 5. The van der Waals surface area contributed by atoms with Gasteiger partial charge in [0.05, 0.1) is 5.39 Å². The molecule has 0 fully saturated rings. The normalized spacial score (nSPS) is 10.1. The summed E-state index contributed by atoms with van der Waals surface area (Å²) in [4.78, 5) is 37.3. The van der Waals surface area contributed by atoms with Gasteiger partial charge in [-0.25, -0.2) is 4.98 Å². The first-order chi connectivity index (χ1) is 14.1. The summed E-state index contributed by atoms with van der Waals surface area (Å²) < 4.78 is 1.36. The van der Waals surface area contributed by atoms with E-state index in [1.165, 1.54) is 10.6 Å². The highest BCUT2D eigenvalue weighted by Gasteiger charge is 2.17. The number of carbonyl (C=O) groups is 2. The summed E-state index contributed by atoms with van der Waals surface area (Å²) in [5, 5.41) is 17.3. The summed E-state index contributed by atoms with van der Waals surface area (Å²) in [6.45, 7) is -0.250. The molecule has 9 nitrogen and oxygen atoms in total. The fourth-order valence-electron chi connectivity index (χ4n) is 2.85. The van der Waals surface area contributed by atoms with Gasteiger partial charge in [-0.15, -0.1) is 0 Å². The van der Waals surface area contributed by atoms with Crippen LogP contribution in [0.15, 0.2) is 65.7 Å². The number of aromatic amines is 1. The van der Waals surface area contributed by atoms with E-state index >= 15 is 0 Å². The lowest BCUT2D eigenvalue weighted by atomic mass is 10.0. The zero-order valence-electron chi connectivity index (χ0n) is 15.4. The second-order valence-electron chi connectivity index (χ2n) is 5.92. The average molecular weight is 391 g/mol. The van der Waals surface area contributed by atoms with Crippen LogP contribution in [0.2, 0.25) is 0 Å². The van der Waals surface area contributed by atoms with Crippen molar-refractivity contribution in [3.8, 4) is 11.1 Å². The van der Waals surface area contributed by atoms with E-state index in [1.54, 1.807) is 25.5 Å². The van der Waals surface area contributed by atoms with Crippen LogP contribution in [0, 0.1) is 0 Å². The fraction of sp³-hybridized carbons (Fsp3) is 0.0500. The first-order valence-electron chi connectivity index (χ1n) is 8.50. The zero-order valence-corrected chi connectivity index (χ0v) is 15.4. The molecule has 1 amide bonds. The Morgan fingerprint density at radius 3 is 2.62 bits per heavy atom. The van der Waals surface area contributed by atoms with Gasteiger partial charge in [-0.05, 0) is 29.3 Å². The smallest absolute Gasteiger partial charge is 0.290 e. The van der Waals surface area contributed by atoms with Gasteiger partial charge in [-0.3, -0.25) is 19.5 Å². The Morgan fingerprint density at radius 2 is 1.90 bits per heavy atom. The van der Waals surface area contributed by atoms with E-state index in [-0.39, 0.29) is 17.6 Å². The molecule has 3 N–H and O–H groups in total. The van der Waals surface area contributed by atoms with Crippen molar-refractivity contribution in [2.24, 2.45) is 7.05 Å². The predicted molar refractivity (Wildman–Crippen MR) is 108 cm³/mol. The molecule has 0 radical (unpaired) electrons. The highest BCUT2D eigenvalue weighted by atomic mass is 16.3. The van der Waals surface area contributed by atoms with Gasteiger partial charge in [-0.1, -0.05) is 30.3 Å². The van der Waals surface area contributed by atoms with Gasteiger partial charge >= 0.3 is 0 Å². The number of aryl methyl sites for hydroxylation is 1. The van der Waals surface area contributed by atoms with Gasteiger partial charge in [0, 0.05) is 19.4 Å². The Bertz CT molecular complexity index is 1210. The molecule has 9 heteroatoms. The molecule has 3 aromatic heterocycles. The number of carbonyl (C=O) groups excluding carboxylic acids is 1. The van der Waals surface area contributed by atoms with Gasteiger partial charge in [0.15, 0.2) is 5.65 Å². The summed E-state index contributed by atoms with van der Waals surface area (Å²) >= 11 is 0. The Labute approximate surface area is 164 Å². The number of pyridine rings is 2. The van der Waals surface area contributed by atoms with Gasteiger partial charge < -0.3 is 15.0 Å². The fourth-order valence-corrected chi connectivity index (χ4v) is 2.85. The third-order valence-corrected chi connectivity index (χ3v) is 4.15. The number of H-pyrrole nitrogens is 1. The molecule has 29 heavy (non-hydrogen) atoms. The molecule has 0 unspecified atom stereocenters. The minimum Gasteiger partial charge on any atom is -0.483 e. The van der Waals surface area contributed by atoms with Crippen LogP contribution in [0.25, 0.3) is 22.2 Å². The van der Waals surface area contributed by atoms with Crippen LogP contribution in [0.1, 0.15) is 10.4 Å². The van der Waals surface area contributed by atoms with Crippen molar-refractivity contribution in [3.63, 3.8) is 0 Å². The molecule has 0 aliphatic rings. The lowest BCUT2D eigenvalue weighted by Crippen LogP contribution is -2.27. The highest BCUT2D eigenvalue weighted by molar-refractivity contribution is 6.10. The molecule has 0 spiro atoms. The minimum absolute atomic E-state index is 0.0582. The summed E-state index contributed by atoms with van der Waals surface area (Å²) in [5.41, 5.74) is 2.05. The molecule has 0 bridgehead atoms. The highest BCUT2D eigenvalue weighted by Crippen LogP contribution is 2.31. The van der Waals surface area contributed by atoms with Gasteiger partial charge in [0.1, 0.15) is 11.4 Å². The molecule has 3 heterocycles. The summed E-state index contributed by atoms with van der Waals surface area (Å²) in [6, 6.07) is 14.8. The number of carboxylic acid groups (broad SMARTS) is 1. The largest absolute Gasteiger partial charge is 0.483 e. The maximum Gasteiger partial charge on any atom is 0.290 e. The molecule has 0 aliphatic carbocycles. The van der Waals surface area contributed by atoms with Crippen molar-refractivity contribution in [1.82, 2.24) is 19.7 Å². The third kappa shape index (κ3) is 4.03. The zero-order chi connectivity index (χ0) is 20.8. The lowest BCUT2D eigenvalue weighted by Gasteiger charge is -2.07. The number of fused-ring (bicyclic) bond motifs is 1. The van der Waals surface area contributed by atoms with Crippen LogP contribution >= 0.6 is 0 Å². The number of amides is 1. The van der Waals surface area contributed by atoms with Crippen molar-refractivity contribution in [2.75, 3.05) is 5.32 Å². The van der Waals surface area contributed by atoms with Crippen LogP contribution < -0.4 is 10.9 Å². The maximum atomic E-state index is 12.6. The molecular formula is C20H17N5O4. The molecule has 1 aromatic carbocycles. The number of nitrogens with zero attached hydrogens (tertiary/aromatic N) is 3. The van der Waals surface area contributed by atoms with Gasteiger partial charge in [0.2, 0.25) is 0 Å². The Balaban J connectivity index is 0.000000755. The van der Waals surface area contributed by atoms with E-state index in [0.29, 0.717) is 16.9 Å². The van der Waals surface area contributed by atoms with Crippen LogP contribution in [-0.4, -0.2) is 37.2 Å².